The zero-order chi connectivity index (χ0) is 10.3. The highest BCUT2D eigenvalue weighted by Crippen LogP contribution is 1.91. The van der Waals surface area contributed by atoms with E-state index in [0.29, 0.717) is 5.96 Å². The van der Waals surface area contributed by atoms with E-state index in [1.165, 1.54) is 0 Å². The lowest BCUT2D eigenvalue weighted by molar-refractivity contribution is 0.188. The Bertz CT molecular complexity index is 157. The largest absolute Gasteiger partial charge is 0.385 e. The van der Waals surface area contributed by atoms with Crippen molar-refractivity contribution in [3.8, 4) is 0 Å². The first-order valence-corrected chi connectivity index (χ1v) is 4.61. The molecule has 0 aliphatic rings. The van der Waals surface area contributed by atoms with E-state index in [1.807, 2.05) is 25.8 Å². The molecule has 0 aliphatic heterocycles. The molecule has 0 rings (SSSR count). The summed E-state index contributed by atoms with van der Waals surface area (Å²) in [6.07, 6.45) is 0.974. The molecule has 0 unspecified atom stereocenters. The second kappa shape index (κ2) is 6.71. The molecule has 4 nitrogen and oxygen atoms in total. The van der Waals surface area contributed by atoms with Crippen molar-refractivity contribution in [1.29, 1.82) is 0 Å². The lowest BCUT2D eigenvalue weighted by Gasteiger charge is -2.18. The van der Waals surface area contributed by atoms with E-state index in [9.17, 15) is 0 Å². The normalized spacial score (nSPS) is 12.2. The van der Waals surface area contributed by atoms with Gasteiger partial charge in [0, 0.05) is 33.4 Å². The number of hydrogen-bond acceptors (Lipinski definition) is 2. The van der Waals surface area contributed by atoms with Crippen LogP contribution in [0.15, 0.2) is 4.99 Å². The highest BCUT2D eigenvalue weighted by Gasteiger charge is 2.01. The van der Waals surface area contributed by atoms with E-state index >= 15 is 0 Å². The van der Waals surface area contributed by atoms with Crippen LogP contribution >= 0.6 is 0 Å². The molecule has 0 aromatic carbocycles. The van der Waals surface area contributed by atoms with E-state index < -0.39 is 0 Å². The van der Waals surface area contributed by atoms with Crippen LogP contribution in [0, 0.1) is 0 Å². The number of nitrogens with two attached hydrogens (primary N) is 1. The molecule has 0 spiro atoms. The molecular formula is C9H21N3O. The Labute approximate surface area is 80.8 Å². The molecule has 0 heterocycles. The van der Waals surface area contributed by atoms with E-state index in [-0.39, 0.29) is 6.04 Å². The highest BCUT2D eigenvalue weighted by atomic mass is 16.5. The Kier molecular flexibility index (Phi) is 6.32. The fourth-order valence-corrected chi connectivity index (χ4v) is 0.924. The molecular weight excluding hydrogens is 166 g/mol. The van der Waals surface area contributed by atoms with Crippen molar-refractivity contribution in [2.24, 2.45) is 10.7 Å². The van der Waals surface area contributed by atoms with Crippen molar-refractivity contribution in [3.63, 3.8) is 0 Å². The molecule has 0 radical (unpaired) electrons. The predicted octanol–water partition coefficient (Wildman–Crippen LogP) is 0.678. The summed E-state index contributed by atoms with van der Waals surface area (Å²) in [4.78, 5) is 6.18. The van der Waals surface area contributed by atoms with Crippen LogP contribution in [0.3, 0.4) is 0 Å². The molecule has 0 bridgehead atoms. The van der Waals surface area contributed by atoms with Gasteiger partial charge in [-0.2, -0.15) is 0 Å². The van der Waals surface area contributed by atoms with Crippen molar-refractivity contribution in [2.45, 2.75) is 26.3 Å². The zero-order valence-corrected chi connectivity index (χ0v) is 9.08. The fourth-order valence-electron chi connectivity index (χ4n) is 0.924. The van der Waals surface area contributed by atoms with Crippen LogP contribution in [-0.2, 0) is 4.74 Å². The third-order valence-electron chi connectivity index (χ3n) is 1.62. The Hall–Kier alpha value is -0.770. The zero-order valence-electron chi connectivity index (χ0n) is 9.08. The van der Waals surface area contributed by atoms with E-state index in [2.05, 4.69) is 4.99 Å². The van der Waals surface area contributed by atoms with Crippen molar-refractivity contribution in [2.75, 3.05) is 27.3 Å². The molecule has 2 N–H and O–H groups in total. The number of rotatable bonds is 5. The predicted molar refractivity (Wildman–Crippen MR) is 55.9 cm³/mol. The van der Waals surface area contributed by atoms with Crippen molar-refractivity contribution < 1.29 is 4.74 Å². The van der Waals surface area contributed by atoms with Crippen LogP contribution in [0.1, 0.15) is 20.3 Å². The van der Waals surface area contributed by atoms with Crippen LogP contribution in [-0.4, -0.2) is 44.2 Å². The maximum Gasteiger partial charge on any atom is 0.191 e. The summed E-state index contributed by atoms with van der Waals surface area (Å²) in [6, 6.07) is 0.255. The minimum atomic E-state index is 0.255. The average Bonchev–Trinajstić information content (AvgIpc) is 2.03. The van der Waals surface area contributed by atoms with Gasteiger partial charge in [-0.15, -0.1) is 0 Å². The van der Waals surface area contributed by atoms with Crippen LogP contribution in [0.4, 0.5) is 0 Å². The van der Waals surface area contributed by atoms with Gasteiger partial charge in [-0.1, -0.05) is 0 Å². The van der Waals surface area contributed by atoms with E-state index in [0.717, 1.165) is 19.6 Å². The van der Waals surface area contributed by atoms with Crippen LogP contribution in [0.25, 0.3) is 0 Å². The van der Waals surface area contributed by atoms with Gasteiger partial charge in [-0.25, -0.2) is 0 Å². The molecule has 4 heteroatoms. The van der Waals surface area contributed by atoms with Crippen molar-refractivity contribution in [3.05, 3.63) is 0 Å². The molecule has 0 saturated carbocycles. The van der Waals surface area contributed by atoms with Gasteiger partial charge in [0.05, 0.1) is 0 Å². The second-order valence-electron chi connectivity index (χ2n) is 3.35. The quantitative estimate of drug-likeness (QED) is 0.391. The van der Waals surface area contributed by atoms with Gasteiger partial charge in [0.25, 0.3) is 0 Å². The van der Waals surface area contributed by atoms with Gasteiger partial charge in [-0.05, 0) is 20.3 Å². The molecule has 0 amide bonds. The third-order valence-corrected chi connectivity index (χ3v) is 1.62. The molecule has 0 fully saturated rings. The summed E-state index contributed by atoms with van der Waals surface area (Å²) in [6.45, 7) is 5.67. The lowest BCUT2D eigenvalue weighted by atomic mass is 10.4. The minimum Gasteiger partial charge on any atom is -0.385 e. The minimum absolute atomic E-state index is 0.255. The van der Waals surface area contributed by atoms with Crippen LogP contribution < -0.4 is 5.73 Å². The van der Waals surface area contributed by atoms with E-state index in [4.69, 9.17) is 10.5 Å². The first-order valence-electron chi connectivity index (χ1n) is 4.61. The molecule has 13 heavy (non-hydrogen) atoms. The van der Waals surface area contributed by atoms with Crippen LogP contribution in [0.5, 0.6) is 0 Å². The Morgan fingerprint density at radius 1 is 1.54 bits per heavy atom. The average molecular weight is 187 g/mol. The molecule has 0 aromatic heterocycles. The summed E-state index contributed by atoms with van der Waals surface area (Å²) in [7, 11) is 3.64. The molecule has 0 aromatic rings. The summed E-state index contributed by atoms with van der Waals surface area (Å²) in [5.74, 6) is 0.603. The summed E-state index contributed by atoms with van der Waals surface area (Å²) < 4.78 is 4.95. The molecule has 0 atom stereocenters. The van der Waals surface area contributed by atoms with Gasteiger partial charge in [-0.3, -0.25) is 4.99 Å². The number of aliphatic imine (C=N–C) groups is 1. The van der Waals surface area contributed by atoms with Crippen molar-refractivity contribution >= 4 is 5.96 Å². The Morgan fingerprint density at radius 2 is 2.15 bits per heavy atom. The van der Waals surface area contributed by atoms with Crippen molar-refractivity contribution in [1.82, 2.24) is 4.90 Å². The lowest BCUT2D eigenvalue weighted by Crippen LogP contribution is -2.35. The topological polar surface area (TPSA) is 50.9 Å². The Balaban J connectivity index is 3.75. The summed E-state index contributed by atoms with van der Waals surface area (Å²) >= 11 is 0. The number of ether oxygens (including phenoxy) is 1. The highest BCUT2D eigenvalue weighted by molar-refractivity contribution is 5.77. The number of nitrogens with zero attached hydrogens (tertiary/aromatic N) is 2. The standard InChI is InChI=1S/C9H21N3O/c1-8(2)11-9(10)12(3)6-5-7-13-4/h8H,5-7H2,1-4H3,(H2,10,11). The number of hydrogen-bond donors (Lipinski definition) is 1. The molecule has 78 valence electrons. The first kappa shape index (κ1) is 12.2. The van der Waals surface area contributed by atoms with Crippen LogP contribution in [0.2, 0.25) is 0 Å². The fraction of sp³-hybridized carbons (Fsp3) is 0.889. The van der Waals surface area contributed by atoms with Gasteiger partial charge in [0.15, 0.2) is 5.96 Å². The summed E-state index contributed by atoms with van der Waals surface area (Å²) in [5, 5.41) is 0. The second-order valence-corrected chi connectivity index (χ2v) is 3.35. The monoisotopic (exact) mass is 187 g/mol. The maximum atomic E-state index is 5.74. The van der Waals surface area contributed by atoms with Gasteiger partial charge >= 0.3 is 0 Å². The number of guanidine groups is 1. The molecule has 0 saturated heterocycles. The van der Waals surface area contributed by atoms with E-state index in [1.54, 1.807) is 7.11 Å². The SMILES string of the molecule is COCCCN(C)C(N)=NC(C)C. The maximum absolute atomic E-state index is 5.74. The Morgan fingerprint density at radius 3 is 2.62 bits per heavy atom. The van der Waals surface area contributed by atoms with Gasteiger partial charge in [0.2, 0.25) is 0 Å². The number of methoxy groups -OCH3 is 1. The smallest absolute Gasteiger partial charge is 0.191 e. The van der Waals surface area contributed by atoms with Gasteiger partial charge < -0.3 is 15.4 Å². The molecule has 0 aliphatic carbocycles. The van der Waals surface area contributed by atoms with Gasteiger partial charge in [0.1, 0.15) is 0 Å². The first-order chi connectivity index (χ1) is 6.07. The third kappa shape index (κ3) is 6.40. The summed E-state index contributed by atoms with van der Waals surface area (Å²) in [5.41, 5.74) is 5.74.